The molecule has 7 heteroatoms. The summed E-state index contributed by atoms with van der Waals surface area (Å²) < 4.78 is 0. The number of piperidine rings is 1. The Morgan fingerprint density at radius 2 is 1.82 bits per heavy atom. The van der Waals surface area contributed by atoms with Crippen molar-refractivity contribution >= 4 is 29.2 Å². The van der Waals surface area contributed by atoms with E-state index in [0.717, 1.165) is 42.6 Å². The second-order valence-electron chi connectivity index (χ2n) is 7.38. The number of hydrogen-bond donors (Lipinski definition) is 1. The van der Waals surface area contributed by atoms with Crippen LogP contribution in [-0.2, 0) is 0 Å². The van der Waals surface area contributed by atoms with Crippen molar-refractivity contribution in [1.29, 1.82) is 0 Å². The predicted molar refractivity (Wildman–Crippen MR) is 115 cm³/mol. The van der Waals surface area contributed by atoms with E-state index >= 15 is 0 Å². The summed E-state index contributed by atoms with van der Waals surface area (Å²) in [6.45, 7) is 3.94. The van der Waals surface area contributed by atoms with Crippen LogP contribution in [0.5, 0.6) is 0 Å². The highest BCUT2D eigenvalue weighted by Gasteiger charge is 2.25. The van der Waals surface area contributed by atoms with Gasteiger partial charge < -0.3 is 15.1 Å². The lowest BCUT2D eigenvalue weighted by molar-refractivity contribution is 0.146. The summed E-state index contributed by atoms with van der Waals surface area (Å²) in [6, 6.07) is 7.55. The quantitative estimate of drug-likeness (QED) is 0.768. The molecule has 28 heavy (non-hydrogen) atoms. The molecule has 2 heterocycles. The number of benzene rings is 1. The first kappa shape index (κ1) is 20.9. The number of carbonyl (C=O) groups excluding carboxylic acids is 1. The van der Waals surface area contributed by atoms with Crippen LogP contribution in [0.2, 0.25) is 10.0 Å². The molecule has 1 atom stereocenters. The molecule has 0 radical (unpaired) electrons. The van der Waals surface area contributed by atoms with Gasteiger partial charge in [-0.25, -0.2) is 4.79 Å². The third-order valence-corrected chi connectivity index (χ3v) is 6.36. The van der Waals surface area contributed by atoms with Gasteiger partial charge in [-0.1, -0.05) is 35.3 Å². The average molecular weight is 421 g/mol. The van der Waals surface area contributed by atoms with Crippen molar-refractivity contribution in [2.24, 2.45) is 0 Å². The van der Waals surface area contributed by atoms with Crippen LogP contribution in [0, 0.1) is 0 Å². The summed E-state index contributed by atoms with van der Waals surface area (Å²) in [6.07, 6.45) is 5.41. The minimum absolute atomic E-state index is 0.0903. The van der Waals surface area contributed by atoms with Gasteiger partial charge in [0.05, 0.1) is 16.1 Å². The van der Waals surface area contributed by atoms with Crippen molar-refractivity contribution in [3.63, 3.8) is 0 Å². The van der Waals surface area contributed by atoms with E-state index in [2.05, 4.69) is 22.2 Å². The zero-order chi connectivity index (χ0) is 20.3. The van der Waals surface area contributed by atoms with Crippen LogP contribution in [-0.4, -0.2) is 54.0 Å². The summed E-state index contributed by atoms with van der Waals surface area (Å²) in [7, 11) is 3.97. The van der Waals surface area contributed by atoms with E-state index < -0.39 is 0 Å². The van der Waals surface area contributed by atoms with Crippen LogP contribution < -0.4 is 5.32 Å². The molecule has 1 aliphatic rings. The zero-order valence-corrected chi connectivity index (χ0v) is 18.0. The molecule has 0 spiro atoms. The van der Waals surface area contributed by atoms with Gasteiger partial charge >= 0.3 is 6.03 Å². The van der Waals surface area contributed by atoms with Gasteiger partial charge in [0, 0.05) is 31.0 Å². The van der Waals surface area contributed by atoms with Gasteiger partial charge in [0.15, 0.2) is 0 Å². The second kappa shape index (κ2) is 9.12. The van der Waals surface area contributed by atoms with Crippen molar-refractivity contribution < 1.29 is 4.79 Å². The van der Waals surface area contributed by atoms with Crippen LogP contribution in [0.1, 0.15) is 31.4 Å². The standard InChI is InChI=1S/C21H26Cl2N4O/c1-14(25-21(28)27(3)16-8-12-26(2)13-9-16)17-4-5-18(20(23)19(17)22)15-6-10-24-11-7-15/h4-7,10-11,14,16H,8-9,12-13H2,1-3H3,(H,25,28). The zero-order valence-electron chi connectivity index (χ0n) is 16.5. The molecule has 1 fully saturated rings. The second-order valence-corrected chi connectivity index (χ2v) is 8.14. The van der Waals surface area contributed by atoms with Crippen LogP contribution in [0.3, 0.4) is 0 Å². The molecule has 1 N–H and O–H groups in total. The minimum atomic E-state index is -0.252. The van der Waals surface area contributed by atoms with Crippen molar-refractivity contribution in [3.05, 3.63) is 52.3 Å². The molecule has 0 bridgehead atoms. The van der Waals surface area contributed by atoms with Crippen LogP contribution in [0.25, 0.3) is 11.1 Å². The Hall–Kier alpha value is -1.82. The lowest BCUT2D eigenvalue weighted by Gasteiger charge is -2.35. The fraction of sp³-hybridized carbons (Fsp3) is 0.429. The molecule has 2 aromatic rings. The molecule has 1 aromatic heterocycles. The first-order valence-corrected chi connectivity index (χ1v) is 10.2. The van der Waals surface area contributed by atoms with E-state index in [9.17, 15) is 4.79 Å². The molecule has 3 rings (SSSR count). The van der Waals surface area contributed by atoms with E-state index in [-0.39, 0.29) is 18.1 Å². The number of halogens is 2. The molecule has 0 aliphatic carbocycles. The van der Waals surface area contributed by atoms with Gasteiger partial charge in [-0.2, -0.15) is 0 Å². The molecule has 1 aliphatic heterocycles. The number of nitrogens with one attached hydrogen (secondary N) is 1. The van der Waals surface area contributed by atoms with E-state index in [1.807, 2.05) is 43.1 Å². The fourth-order valence-corrected chi connectivity index (χ4v) is 4.18. The molecule has 1 aromatic carbocycles. The van der Waals surface area contributed by atoms with Crippen molar-refractivity contribution in [2.75, 3.05) is 27.2 Å². The Labute approximate surface area is 176 Å². The molecule has 1 unspecified atom stereocenters. The topological polar surface area (TPSA) is 48.5 Å². The maximum absolute atomic E-state index is 12.7. The summed E-state index contributed by atoms with van der Waals surface area (Å²) in [5, 5.41) is 4.00. The number of urea groups is 1. The highest BCUT2D eigenvalue weighted by Crippen LogP contribution is 2.37. The van der Waals surface area contributed by atoms with Gasteiger partial charge in [0.1, 0.15) is 0 Å². The number of rotatable bonds is 4. The van der Waals surface area contributed by atoms with Crippen LogP contribution in [0.15, 0.2) is 36.7 Å². The van der Waals surface area contributed by atoms with Crippen molar-refractivity contribution in [1.82, 2.24) is 20.1 Å². The van der Waals surface area contributed by atoms with Gasteiger partial charge in [0.25, 0.3) is 0 Å². The summed E-state index contributed by atoms with van der Waals surface area (Å²) in [5.74, 6) is 0. The Kier molecular flexibility index (Phi) is 6.81. The van der Waals surface area contributed by atoms with E-state index in [1.54, 1.807) is 12.4 Å². The van der Waals surface area contributed by atoms with Crippen molar-refractivity contribution in [2.45, 2.75) is 31.8 Å². The minimum Gasteiger partial charge on any atom is -0.331 e. The SMILES string of the molecule is CC(NC(=O)N(C)C1CCN(C)CC1)c1ccc(-c2ccncc2)c(Cl)c1Cl. The molecule has 150 valence electrons. The largest absolute Gasteiger partial charge is 0.331 e. The fourth-order valence-electron chi connectivity index (χ4n) is 3.57. The number of aromatic nitrogens is 1. The monoisotopic (exact) mass is 420 g/mol. The van der Waals surface area contributed by atoms with E-state index in [4.69, 9.17) is 23.2 Å². The number of likely N-dealkylation sites (tertiary alicyclic amines) is 1. The Morgan fingerprint density at radius 1 is 1.18 bits per heavy atom. The van der Waals surface area contributed by atoms with Gasteiger partial charge in [0.2, 0.25) is 0 Å². The molecule has 0 saturated carbocycles. The number of carbonyl (C=O) groups is 1. The highest BCUT2D eigenvalue weighted by atomic mass is 35.5. The molecule has 2 amide bonds. The maximum atomic E-state index is 12.7. The third kappa shape index (κ3) is 4.59. The van der Waals surface area contributed by atoms with Gasteiger partial charge in [-0.05, 0) is 63.2 Å². The predicted octanol–water partition coefficient (Wildman–Crippen LogP) is 4.85. The summed E-state index contributed by atoms with van der Waals surface area (Å²) in [5.41, 5.74) is 2.60. The number of amides is 2. The number of pyridine rings is 1. The summed E-state index contributed by atoms with van der Waals surface area (Å²) in [4.78, 5) is 20.8. The lowest BCUT2D eigenvalue weighted by atomic mass is 10.0. The summed E-state index contributed by atoms with van der Waals surface area (Å²) >= 11 is 13.1. The average Bonchev–Trinajstić information content (AvgIpc) is 2.70. The Balaban J connectivity index is 1.71. The van der Waals surface area contributed by atoms with Gasteiger partial charge in [-0.3, -0.25) is 4.98 Å². The third-order valence-electron chi connectivity index (χ3n) is 5.47. The first-order valence-electron chi connectivity index (χ1n) is 9.48. The Bertz CT molecular complexity index is 823. The normalized spacial score (nSPS) is 16.6. The highest BCUT2D eigenvalue weighted by molar-refractivity contribution is 6.44. The first-order chi connectivity index (χ1) is 13.4. The maximum Gasteiger partial charge on any atom is 0.317 e. The Morgan fingerprint density at radius 3 is 2.46 bits per heavy atom. The number of hydrogen-bond acceptors (Lipinski definition) is 3. The smallest absolute Gasteiger partial charge is 0.317 e. The molecular weight excluding hydrogens is 395 g/mol. The lowest BCUT2D eigenvalue weighted by Crippen LogP contribution is -2.48. The van der Waals surface area contributed by atoms with Gasteiger partial charge in [-0.15, -0.1) is 0 Å². The van der Waals surface area contributed by atoms with E-state index in [1.165, 1.54) is 0 Å². The molecular formula is C21H26Cl2N4O. The molecule has 1 saturated heterocycles. The van der Waals surface area contributed by atoms with Crippen molar-refractivity contribution in [3.8, 4) is 11.1 Å². The van der Waals surface area contributed by atoms with Crippen LogP contribution >= 0.6 is 23.2 Å². The molecule has 5 nitrogen and oxygen atoms in total. The van der Waals surface area contributed by atoms with Crippen LogP contribution in [0.4, 0.5) is 4.79 Å². The number of nitrogens with zero attached hydrogens (tertiary/aromatic N) is 3. The van der Waals surface area contributed by atoms with E-state index in [0.29, 0.717) is 10.0 Å².